The number of rotatable bonds is 3. The first kappa shape index (κ1) is 13.3. The van der Waals surface area contributed by atoms with Gasteiger partial charge in [0.2, 0.25) is 0 Å². The standard InChI is InChI=1S/C15H24N2O/c1-4-14-8-13(10-18)9-15(16-14)17-6-5-11(2)7-12(17)3/h8-9,11-12,18H,4-7,10H2,1-3H3. The highest BCUT2D eigenvalue weighted by atomic mass is 16.3. The summed E-state index contributed by atoms with van der Waals surface area (Å²) < 4.78 is 0. The second kappa shape index (κ2) is 5.70. The lowest BCUT2D eigenvalue weighted by Crippen LogP contribution is -2.40. The number of nitrogens with zero attached hydrogens (tertiary/aromatic N) is 2. The third-order valence-corrected chi connectivity index (χ3v) is 3.90. The zero-order chi connectivity index (χ0) is 13.1. The molecule has 1 aromatic rings. The minimum atomic E-state index is 0.0984. The van der Waals surface area contributed by atoms with Crippen LogP contribution in [0.1, 0.15) is 44.9 Å². The third-order valence-electron chi connectivity index (χ3n) is 3.90. The van der Waals surface area contributed by atoms with Crippen molar-refractivity contribution in [2.45, 2.75) is 52.7 Å². The van der Waals surface area contributed by atoms with Gasteiger partial charge in [0.1, 0.15) is 5.82 Å². The van der Waals surface area contributed by atoms with Crippen molar-refractivity contribution >= 4 is 5.82 Å². The van der Waals surface area contributed by atoms with Gasteiger partial charge in [0.25, 0.3) is 0 Å². The molecule has 0 radical (unpaired) electrons. The number of piperidine rings is 1. The molecule has 0 saturated carbocycles. The van der Waals surface area contributed by atoms with E-state index in [0.29, 0.717) is 6.04 Å². The van der Waals surface area contributed by atoms with Gasteiger partial charge in [-0.2, -0.15) is 0 Å². The van der Waals surface area contributed by atoms with E-state index in [1.54, 1.807) is 0 Å². The summed E-state index contributed by atoms with van der Waals surface area (Å²) in [6.07, 6.45) is 3.38. The van der Waals surface area contributed by atoms with Gasteiger partial charge < -0.3 is 10.0 Å². The quantitative estimate of drug-likeness (QED) is 0.893. The van der Waals surface area contributed by atoms with Crippen molar-refractivity contribution in [2.24, 2.45) is 5.92 Å². The Labute approximate surface area is 110 Å². The normalized spacial score (nSPS) is 24.3. The van der Waals surface area contributed by atoms with Crippen LogP contribution >= 0.6 is 0 Å². The molecule has 100 valence electrons. The Balaban J connectivity index is 2.26. The predicted molar refractivity (Wildman–Crippen MR) is 74.7 cm³/mol. The van der Waals surface area contributed by atoms with Crippen molar-refractivity contribution in [3.63, 3.8) is 0 Å². The fourth-order valence-corrected chi connectivity index (χ4v) is 2.80. The van der Waals surface area contributed by atoms with Crippen LogP contribution in [0.5, 0.6) is 0 Å². The SMILES string of the molecule is CCc1cc(CO)cc(N2CCC(C)CC2C)n1. The molecule has 2 heterocycles. The number of aliphatic hydroxyl groups excluding tert-OH is 1. The number of hydrogen-bond acceptors (Lipinski definition) is 3. The van der Waals surface area contributed by atoms with Crippen LogP contribution in [0.3, 0.4) is 0 Å². The van der Waals surface area contributed by atoms with Crippen LogP contribution in [0.25, 0.3) is 0 Å². The molecular formula is C15H24N2O. The van der Waals surface area contributed by atoms with Gasteiger partial charge >= 0.3 is 0 Å². The van der Waals surface area contributed by atoms with Gasteiger partial charge in [-0.05, 0) is 49.8 Å². The van der Waals surface area contributed by atoms with E-state index >= 15 is 0 Å². The highest BCUT2D eigenvalue weighted by Gasteiger charge is 2.24. The molecule has 3 nitrogen and oxygen atoms in total. The lowest BCUT2D eigenvalue weighted by molar-refractivity contribution is 0.281. The molecule has 1 aromatic heterocycles. The molecule has 0 aromatic carbocycles. The molecule has 1 fully saturated rings. The number of aliphatic hydroxyl groups is 1. The van der Waals surface area contributed by atoms with Crippen molar-refractivity contribution in [1.29, 1.82) is 0 Å². The Bertz CT molecular complexity index is 383. The number of aryl methyl sites for hydroxylation is 1. The molecule has 3 heteroatoms. The summed E-state index contributed by atoms with van der Waals surface area (Å²) in [6.45, 7) is 7.88. The monoisotopic (exact) mass is 248 g/mol. The molecule has 1 aliphatic heterocycles. The van der Waals surface area contributed by atoms with E-state index < -0.39 is 0 Å². The molecule has 0 spiro atoms. The van der Waals surface area contributed by atoms with Crippen LogP contribution in [0.15, 0.2) is 12.1 Å². The number of pyridine rings is 1. The molecule has 2 atom stereocenters. The van der Waals surface area contributed by atoms with Gasteiger partial charge in [0, 0.05) is 18.3 Å². The number of hydrogen-bond donors (Lipinski definition) is 1. The maximum absolute atomic E-state index is 9.34. The Hall–Kier alpha value is -1.09. The third kappa shape index (κ3) is 2.83. The molecule has 1 aliphatic rings. The number of anilines is 1. The van der Waals surface area contributed by atoms with Crippen LogP contribution in [0.2, 0.25) is 0 Å². The van der Waals surface area contributed by atoms with Gasteiger partial charge in [0.15, 0.2) is 0 Å². The smallest absolute Gasteiger partial charge is 0.129 e. The Kier molecular flexibility index (Phi) is 4.23. The van der Waals surface area contributed by atoms with E-state index in [-0.39, 0.29) is 6.61 Å². The molecule has 18 heavy (non-hydrogen) atoms. The fourth-order valence-electron chi connectivity index (χ4n) is 2.80. The summed E-state index contributed by atoms with van der Waals surface area (Å²) in [6, 6.07) is 4.58. The molecule has 0 aliphatic carbocycles. The maximum Gasteiger partial charge on any atom is 0.129 e. The zero-order valence-corrected chi connectivity index (χ0v) is 11.7. The van der Waals surface area contributed by atoms with E-state index in [9.17, 15) is 5.11 Å². The van der Waals surface area contributed by atoms with E-state index in [1.807, 2.05) is 12.1 Å². The predicted octanol–water partition coefficient (Wildman–Crippen LogP) is 2.76. The van der Waals surface area contributed by atoms with Crippen LogP contribution in [-0.2, 0) is 13.0 Å². The van der Waals surface area contributed by atoms with Crippen molar-refractivity contribution in [3.8, 4) is 0 Å². The highest BCUT2D eigenvalue weighted by molar-refractivity contribution is 5.44. The molecular weight excluding hydrogens is 224 g/mol. The largest absolute Gasteiger partial charge is 0.392 e. The summed E-state index contributed by atoms with van der Waals surface area (Å²) in [5, 5.41) is 9.34. The topological polar surface area (TPSA) is 36.4 Å². The summed E-state index contributed by atoms with van der Waals surface area (Å²) in [5.74, 6) is 1.85. The van der Waals surface area contributed by atoms with Crippen LogP contribution in [0, 0.1) is 5.92 Å². The Morgan fingerprint density at radius 3 is 2.78 bits per heavy atom. The van der Waals surface area contributed by atoms with E-state index in [4.69, 9.17) is 4.98 Å². The Morgan fingerprint density at radius 1 is 1.39 bits per heavy atom. The van der Waals surface area contributed by atoms with Crippen molar-refractivity contribution < 1.29 is 5.11 Å². The lowest BCUT2D eigenvalue weighted by Gasteiger charge is -2.37. The van der Waals surface area contributed by atoms with Gasteiger partial charge in [-0.25, -0.2) is 4.98 Å². The van der Waals surface area contributed by atoms with E-state index in [2.05, 4.69) is 25.7 Å². The maximum atomic E-state index is 9.34. The second-order valence-corrected chi connectivity index (χ2v) is 5.51. The summed E-state index contributed by atoms with van der Waals surface area (Å²) in [4.78, 5) is 7.10. The van der Waals surface area contributed by atoms with Crippen LogP contribution in [-0.4, -0.2) is 22.7 Å². The highest BCUT2D eigenvalue weighted by Crippen LogP contribution is 2.27. The Morgan fingerprint density at radius 2 is 2.17 bits per heavy atom. The van der Waals surface area contributed by atoms with Crippen molar-refractivity contribution in [3.05, 3.63) is 23.4 Å². The molecule has 1 N–H and O–H groups in total. The molecule has 0 amide bonds. The van der Waals surface area contributed by atoms with Gasteiger partial charge in [0.05, 0.1) is 6.61 Å². The molecule has 1 saturated heterocycles. The first-order valence-corrected chi connectivity index (χ1v) is 7.01. The van der Waals surface area contributed by atoms with E-state index in [0.717, 1.165) is 36.0 Å². The van der Waals surface area contributed by atoms with Gasteiger partial charge in [-0.3, -0.25) is 0 Å². The van der Waals surface area contributed by atoms with Gasteiger partial charge in [-0.15, -0.1) is 0 Å². The second-order valence-electron chi connectivity index (χ2n) is 5.51. The minimum absolute atomic E-state index is 0.0984. The molecule has 2 rings (SSSR count). The number of aromatic nitrogens is 1. The van der Waals surface area contributed by atoms with Crippen molar-refractivity contribution in [2.75, 3.05) is 11.4 Å². The summed E-state index contributed by atoms with van der Waals surface area (Å²) >= 11 is 0. The van der Waals surface area contributed by atoms with Gasteiger partial charge in [-0.1, -0.05) is 13.8 Å². The lowest BCUT2D eigenvalue weighted by atomic mass is 9.93. The minimum Gasteiger partial charge on any atom is -0.392 e. The fraction of sp³-hybridized carbons (Fsp3) is 0.667. The average molecular weight is 248 g/mol. The molecule has 2 unspecified atom stereocenters. The summed E-state index contributed by atoms with van der Waals surface area (Å²) in [5.41, 5.74) is 2.05. The van der Waals surface area contributed by atoms with Crippen LogP contribution in [0.4, 0.5) is 5.82 Å². The zero-order valence-electron chi connectivity index (χ0n) is 11.7. The molecule has 0 bridgehead atoms. The average Bonchev–Trinajstić information content (AvgIpc) is 2.38. The first-order valence-electron chi connectivity index (χ1n) is 7.01. The summed E-state index contributed by atoms with van der Waals surface area (Å²) in [7, 11) is 0. The first-order chi connectivity index (χ1) is 8.63. The van der Waals surface area contributed by atoms with E-state index in [1.165, 1.54) is 12.8 Å². The van der Waals surface area contributed by atoms with Crippen LogP contribution < -0.4 is 4.90 Å². The van der Waals surface area contributed by atoms with Crippen molar-refractivity contribution in [1.82, 2.24) is 4.98 Å².